The summed E-state index contributed by atoms with van der Waals surface area (Å²) in [6.45, 7) is 20.3. The van der Waals surface area contributed by atoms with E-state index in [-0.39, 0.29) is 52.9 Å². The topological polar surface area (TPSA) is 63.2 Å². The van der Waals surface area contributed by atoms with Gasteiger partial charge in [-0.15, -0.1) is 12.1 Å². The van der Waals surface area contributed by atoms with Crippen molar-refractivity contribution in [2.45, 2.75) is 40.2 Å². The van der Waals surface area contributed by atoms with Crippen LogP contribution in [0.2, 0.25) is 0 Å². The van der Waals surface area contributed by atoms with Gasteiger partial charge in [0.2, 0.25) is 0 Å². The predicted molar refractivity (Wildman–Crippen MR) is 127 cm³/mol. The van der Waals surface area contributed by atoms with Crippen LogP contribution in [-0.4, -0.2) is 38.4 Å². The fraction of sp³-hybridized carbons (Fsp3) is 0.333. The first-order chi connectivity index (χ1) is 13.8. The molecule has 0 saturated heterocycles. The number of carbonyl (C=O) groups is 1. The summed E-state index contributed by atoms with van der Waals surface area (Å²) < 4.78 is 5.33. The summed E-state index contributed by atoms with van der Waals surface area (Å²) in [7, 11) is 0. The number of nitrogens with zero attached hydrogens (tertiary/aromatic N) is 1. The van der Waals surface area contributed by atoms with Crippen LogP contribution >= 0.6 is 0 Å². The molecule has 7 heteroatoms. The third-order valence-electron chi connectivity index (χ3n) is 3.94. The number of anilines is 1. The normalized spacial score (nSPS) is 11.5. The van der Waals surface area contributed by atoms with E-state index in [1.165, 1.54) is 0 Å². The van der Waals surface area contributed by atoms with Crippen molar-refractivity contribution in [2.75, 3.05) is 18.5 Å². The van der Waals surface area contributed by atoms with Crippen molar-refractivity contribution in [2.24, 2.45) is 0 Å². The van der Waals surface area contributed by atoms with E-state index in [0.29, 0.717) is 13.0 Å². The van der Waals surface area contributed by atoms with Crippen LogP contribution in [0.3, 0.4) is 0 Å². The molecule has 0 saturated carbocycles. The summed E-state index contributed by atoms with van der Waals surface area (Å²) in [5.41, 5.74) is 3.69. The fourth-order valence-electron chi connectivity index (χ4n) is 2.57. The number of ketones is 1. The number of rotatable bonds is 5. The summed E-state index contributed by atoms with van der Waals surface area (Å²) in [5.74, 6) is 1.76. The van der Waals surface area contributed by atoms with Gasteiger partial charge in [0.15, 0.2) is 11.6 Å². The quantitative estimate of drug-likeness (QED) is 0.481. The number of pyridine rings is 1. The van der Waals surface area contributed by atoms with Crippen molar-refractivity contribution in [3.05, 3.63) is 79.3 Å². The van der Waals surface area contributed by atoms with Gasteiger partial charge in [-0.1, -0.05) is 37.8 Å². The number of allylic oxidation sites excluding steroid dienone is 1. The number of hydrogen-bond acceptors (Lipinski definition) is 5. The molecule has 31 heavy (non-hydrogen) atoms. The van der Waals surface area contributed by atoms with Crippen LogP contribution in [0.25, 0.3) is 0 Å². The molecule has 0 unspecified atom stereocenters. The predicted octanol–water partition coefficient (Wildman–Crippen LogP) is 4.20. The second-order valence-electron chi connectivity index (χ2n) is 6.53. The number of hydrogen-bond donors (Lipinski definition) is 2. The molecular formula is C24H33BN3O2Y-2. The molecule has 2 aromatic rings. The molecule has 1 aromatic heterocycles. The molecule has 1 atom stereocenters. The Balaban J connectivity index is 0. The van der Waals surface area contributed by atoms with Crippen molar-refractivity contribution in [1.82, 2.24) is 10.3 Å². The Kier molecular flexibility index (Phi) is 16.9. The number of ether oxygens (including phenoxy) is 1. The van der Waals surface area contributed by atoms with Crippen LogP contribution in [-0.2, 0) is 43.9 Å². The Morgan fingerprint density at radius 1 is 1.19 bits per heavy atom. The third-order valence-corrected chi connectivity index (χ3v) is 3.94. The van der Waals surface area contributed by atoms with Gasteiger partial charge in [-0.05, 0) is 20.3 Å². The SMILES string of the molecule is C=C(C)N[C@@H](Cc1ccc([CH2-])cc1)C(C)=O.CC.[B].[CH2-]c1ccc2c(n1)NCCO2.[Y]. The second-order valence-corrected chi connectivity index (χ2v) is 6.53. The van der Waals surface area contributed by atoms with Crippen LogP contribution < -0.4 is 15.4 Å². The average Bonchev–Trinajstić information content (AvgIpc) is 2.70. The van der Waals surface area contributed by atoms with Gasteiger partial charge >= 0.3 is 0 Å². The molecule has 3 rings (SSSR count). The number of carbonyl (C=O) groups excluding carboxylic acids is 1. The molecule has 0 spiro atoms. The van der Waals surface area contributed by atoms with Crippen LogP contribution in [0.15, 0.2) is 48.7 Å². The largest absolute Gasteiger partial charge is 0.489 e. The number of benzene rings is 1. The minimum absolute atomic E-state index is 0. The van der Waals surface area contributed by atoms with E-state index >= 15 is 0 Å². The average molecular weight is 495 g/mol. The zero-order valence-electron chi connectivity index (χ0n) is 19.2. The molecule has 0 amide bonds. The van der Waals surface area contributed by atoms with Crippen molar-refractivity contribution in [3.8, 4) is 5.75 Å². The molecule has 4 radical (unpaired) electrons. The number of nitrogens with one attached hydrogen (secondary N) is 2. The summed E-state index contributed by atoms with van der Waals surface area (Å²) in [5, 5.41) is 6.21. The van der Waals surface area contributed by atoms with Gasteiger partial charge < -0.3 is 15.4 Å². The smallest absolute Gasteiger partial charge is 0.164 e. The maximum absolute atomic E-state index is 11.4. The molecule has 2 N–H and O–H groups in total. The Morgan fingerprint density at radius 2 is 1.81 bits per heavy atom. The number of fused-ring (bicyclic) bond motifs is 1. The van der Waals surface area contributed by atoms with Gasteiger partial charge in [-0.3, -0.25) is 9.78 Å². The minimum atomic E-state index is -0.187. The van der Waals surface area contributed by atoms with Gasteiger partial charge in [-0.25, -0.2) is 6.92 Å². The Morgan fingerprint density at radius 3 is 2.35 bits per heavy atom. The van der Waals surface area contributed by atoms with Crippen molar-refractivity contribution < 1.29 is 42.2 Å². The maximum atomic E-state index is 11.4. The van der Waals surface area contributed by atoms with E-state index in [4.69, 9.17) is 4.74 Å². The molecule has 1 aromatic carbocycles. The second kappa shape index (κ2) is 16.7. The third kappa shape index (κ3) is 11.9. The molecule has 164 valence electrons. The molecule has 0 fully saturated rings. The van der Waals surface area contributed by atoms with Gasteiger partial charge in [0.1, 0.15) is 12.4 Å². The van der Waals surface area contributed by atoms with Crippen molar-refractivity contribution in [3.63, 3.8) is 0 Å². The van der Waals surface area contributed by atoms with Crippen molar-refractivity contribution >= 4 is 20.0 Å². The minimum Gasteiger partial charge on any atom is -0.489 e. The molecule has 5 nitrogen and oxygen atoms in total. The van der Waals surface area contributed by atoms with E-state index in [2.05, 4.69) is 36.0 Å². The zero-order chi connectivity index (χ0) is 21.8. The zero-order valence-corrected chi connectivity index (χ0v) is 22.0. The first-order valence-electron chi connectivity index (χ1n) is 9.88. The van der Waals surface area contributed by atoms with E-state index in [9.17, 15) is 4.79 Å². The monoisotopic (exact) mass is 495 g/mol. The standard InChI is InChI=1S/C14H18NO.C8H9N2O.C2H6.B.Y/c1-10(2)15-14(12(4)16)9-13-7-5-11(3)6-8-13;1-6-2-3-7-8(10-6)9-4-5-11-7;1-2;;/h5-8,14-15H,1,3,9H2,2,4H3;2-3H,1,4-5H2,(H,9,10);1-2H3;;/q2*-1;;;/t14-;;;;/m0..../s1. The first-order valence-corrected chi connectivity index (χ1v) is 9.88. The van der Waals surface area contributed by atoms with E-state index in [1.54, 1.807) is 6.92 Å². The molecule has 0 aliphatic carbocycles. The summed E-state index contributed by atoms with van der Waals surface area (Å²) in [6, 6.07) is 11.4. The van der Waals surface area contributed by atoms with E-state index < -0.39 is 0 Å². The van der Waals surface area contributed by atoms with Crippen LogP contribution in [0.4, 0.5) is 5.82 Å². The number of aromatic nitrogens is 1. The molecular weight excluding hydrogens is 462 g/mol. The summed E-state index contributed by atoms with van der Waals surface area (Å²) in [6.07, 6.45) is 0.683. The van der Waals surface area contributed by atoms with E-state index in [1.807, 2.05) is 57.2 Å². The van der Waals surface area contributed by atoms with Gasteiger partial charge in [0, 0.05) is 46.8 Å². The van der Waals surface area contributed by atoms with Crippen LogP contribution in [0.5, 0.6) is 5.75 Å². The van der Waals surface area contributed by atoms with Gasteiger partial charge in [0.25, 0.3) is 0 Å². The summed E-state index contributed by atoms with van der Waals surface area (Å²) >= 11 is 0. The molecule has 2 heterocycles. The first kappa shape index (κ1) is 31.3. The van der Waals surface area contributed by atoms with Crippen LogP contribution in [0, 0.1) is 13.8 Å². The Bertz CT molecular complexity index is 798. The number of Topliss-reactive ketones (excluding diaryl/α,β-unsaturated/α-hetero) is 1. The van der Waals surface area contributed by atoms with Gasteiger partial charge in [0.05, 0.1) is 12.6 Å². The fourth-order valence-corrected chi connectivity index (χ4v) is 2.57. The van der Waals surface area contributed by atoms with Crippen molar-refractivity contribution in [1.29, 1.82) is 0 Å². The molecule has 1 aliphatic heterocycles. The molecule has 1 aliphatic rings. The molecule has 0 bridgehead atoms. The Hall–Kier alpha value is -1.91. The van der Waals surface area contributed by atoms with Gasteiger partial charge in [-0.2, -0.15) is 30.7 Å². The van der Waals surface area contributed by atoms with E-state index in [0.717, 1.165) is 40.6 Å². The Labute approximate surface area is 215 Å². The van der Waals surface area contributed by atoms with Crippen LogP contribution in [0.1, 0.15) is 44.5 Å². The maximum Gasteiger partial charge on any atom is 0.164 e. The summed E-state index contributed by atoms with van der Waals surface area (Å²) in [4.78, 5) is 15.6.